The fraction of sp³-hybridized carbons (Fsp3) is 0.368. The topological polar surface area (TPSA) is 92.7 Å². The highest BCUT2D eigenvalue weighted by Crippen LogP contribution is 2.40. The molecule has 0 fully saturated rings. The van der Waals surface area contributed by atoms with Gasteiger partial charge in [0.25, 0.3) is 0 Å². The molecule has 1 N–H and O–H groups in total. The van der Waals surface area contributed by atoms with Crippen molar-refractivity contribution in [3.8, 4) is 17.2 Å². The number of nitrogens with zero attached hydrogens (tertiary/aromatic N) is 5. The lowest BCUT2D eigenvalue weighted by atomic mass is 9.90. The van der Waals surface area contributed by atoms with Crippen molar-refractivity contribution in [1.82, 2.24) is 15.0 Å². The van der Waals surface area contributed by atoms with Gasteiger partial charge in [0.15, 0.2) is 23.2 Å². The molecule has 0 bridgehead atoms. The lowest BCUT2D eigenvalue weighted by Crippen LogP contribution is -2.30. The number of fused-ring (bicyclic) bond motifs is 3. The second-order valence-electron chi connectivity index (χ2n) is 12.6. The maximum absolute atomic E-state index is 9.69. The Bertz CT molecular complexity index is 1800. The molecule has 47 heavy (non-hydrogen) atoms. The van der Waals surface area contributed by atoms with Crippen molar-refractivity contribution in [3.63, 3.8) is 0 Å². The minimum Gasteiger partial charge on any atom is -0.489 e. The number of anilines is 4. The number of carbonyl (C=O) groups excluding carboxylic acids is 1. The number of aryl methyl sites for hydroxylation is 1. The second-order valence-corrected chi connectivity index (χ2v) is 12.6. The number of nitrogens with one attached hydrogen (secondary N) is 1. The van der Waals surface area contributed by atoms with Gasteiger partial charge in [0.05, 0.1) is 12.1 Å². The number of ether oxygens (including phenoxy) is 2. The van der Waals surface area contributed by atoms with Crippen LogP contribution in [0.2, 0.25) is 0 Å². The Labute approximate surface area is 278 Å². The quantitative estimate of drug-likeness (QED) is 0.191. The van der Waals surface area contributed by atoms with E-state index in [2.05, 4.69) is 97.7 Å². The third-order valence-electron chi connectivity index (χ3n) is 8.57. The van der Waals surface area contributed by atoms with Crippen LogP contribution in [0.1, 0.15) is 64.5 Å². The highest BCUT2D eigenvalue weighted by Gasteiger charge is 2.24. The van der Waals surface area contributed by atoms with E-state index in [9.17, 15) is 4.79 Å². The zero-order valence-electron chi connectivity index (χ0n) is 28.6. The van der Waals surface area contributed by atoms with Gasteiger partial charge in [0, 0.05) is 55.6 Å². The molecule has 0 saturated carbocycles. The smallest absolute Gasteiger partial charge is 0.172 e. The van der Waals surface area contributed by atoms with Gasteiger partial charge in [0.2, 0.25) is 0 Å². The van der Waals surface area contributed by atoms with Gasteiger partial charge < -0.3 is 24.6 Å². The Balaban J connectivity index is 0.000000807. The largest absolute Gasteiger partial charge is 0.489 e. The molecule has 0 spiro atoms. The summed E-state index contributed by atoms with van der Waals surface area (Å²) in [5, 5.41) is 3.48. The van der Waals surface area contributed by atoms with Crippen molar-refractivity contribution in [2.45, 2.75) is 60.3 Å². The molecule has 0 amide bonds. The Morgan fingerprint density at radius 3 is 2.66 bits per heavy atom. The monoisotopic (exact) mass is 634 g/mol. The number of carbonyl (C=O) groups is 1. The number of rotatable bonds is 8. The summed E-state index contributed by atoms with van der Waals surface area (Å²) < 4.78 is 12.5. The summed E-state index contributed by atoms with van der Waals surface area (Å²) in [7, 11) is 2.09. The van der Waals surface area contributed by atoms with Crippen LogP contribution in [0.3, 0.4) is 0 Å². The summed E-state index contributed by atoms with van der Waals surface area (Å²) in [6.45, 7) is 18.1. The van der Waals surface area contributed by atoms with Crippen LogP contribution in [-0.2, 0) is 4.79 Å². The molecule has 2 atom stereocenters. The van der Waals surface area contributed by atoms with Crippen LogP contribution in [0.5, 0.6) is 17.2 Å². The van der Waals surface area contributed by atoms with Crippen molar-refractivity contribution >= 4 is 39.8 Å². The Morgan fingerprint density at radius 1 is 1.15 bits per heavy atom. The van der Waals surface area contributed by atoms with E-state index in [4.69, 9.17) is 14.5 Å². The summed E-state index contributed by atoms with van der Waals surface area (Å²) in [6.07, 6.45) is 7.28. The van der Waals surface area contributed by atoms with Gasteiger partial charge in [-0.1, -0.05) is 33.8 Å². The van der Waals surface area contributed by atoms with Crippen molar-refractivity contribution in [3.05, 3.63) is 84.3 Å². The fourth-order valence-electron chi connectivity index (χ4n) is 5.78. The molecule has 6 rings (SSSR count). The first-order valence-corrected chi connectivity index (χ1v) is 16.3. The van der Waals surface area contributed by atoms with Crippen LogP contribution in [0.25, 0.3) is 11.0 Å². The molecule has 2 unspecified atom stereocenters. The Hall–Kier alpha value is -4.92. The van der Waals surface area contributed by atoms with Crippen molar-refractivity contribution in [1.29, 1.82) is 0 Å². The van der Waals surface area contributed by atoms with E-state index >= 15 is 0 Å². The van der Waals surface area contributed by atoms with Gasteiger partial charge in [-0.05, 0) is 86.4 Å². The van der Waals surface area contributed by atoms with Crippen LogP contribution in [-0.4, -0.2) is 47.5 Å². The van der Waals surface area contributed by atoms with Gasteiger partial charge in [-0.25, -0.2) is 15.0 Å². The molecule has 0 aliphatic carbocycles. The zero-order valence-corrected chi connectivity index (χ0v) is 28.6. The minimum absolute atomic E-state index is 0.0185. The standard InChI is InChI=1S/C34H40N6O2.C4H6O/c1-7-8-13-40-17-21(2)19-41-31-16-28-32(38-34(31)40)33(36-20-35-28)37-25-9-12-30(22(3)14-25)42-26-10-11-29-27(15-26)24(5)23(4)18-39(29)6;1-3-4(2)5/h9-12,14-16,18,20-21,24H,7-8,13,17,19H2,1-6H3,(H,35,36,37);3H,1H2,2H3. The highest BCUT2D eigenvalue weighted by atomic mass is 16.5. The van der Waals surface area contributed by atoms with E-state index in [-0.39, 0.29) is 5.78 Å². The number of hydrogen-bond acceptors (Lipinski definition) is 9. The molecule has 2 aromatic carbocycles. The van der Waals surface area contributed by atoms with Crippen LogP contribution in [0.15, 0.2) is 73.2 Å². The fourth-order valence-corrected chi connectivity index (χ4v) is 5.78. The predicted molar refractivity (Wildman–Crippen MR) is 192 cm³/mol. The Morgan fingerprint density at radius 2 is 1.94 bits per heavy atom. The zero-order chi connectivity index (χ0) is 33.7. The number of ketones is 1. The van der Waals surface area contributed by atoms with E-state index in [1.54, 1.807) is 6.33 Å². The summed E-state index contributed by atoms with van der Waals surface area (Å²) in [5.74, 6) is 4.77. The molecule has 4 heterocycles. The van der Waals surface area contributed by atoms with Gasteiger partial charge >= 0.3 is 0 Å². The predicted octanol–water partition coefficient (Wildman–Crippen LogP) is 8.72. The Kier molecular flexibility index (Phi) is 10.4. The number of pyridine rings is 1. The lowest BCUT2D eigenvalue weighted by Gasteiger charge is -2.29. The third kappa shape index (κ3) is 7.73. The molecule has 2 aliphatic rings. The summed E-state index contributed by atoms with van der Waals surface area (Å²) in [5.41, 5.74) is 7.25. The molecular weight excluding hydrogens is 588 g/mol. The maximum atomic E-state index is 9.69. The molecule has 0 saturated heterocycles. The number of hydrogen-bond donors (Lipinski definition) is 1. The third-order valence-corrected chi connectivity index (χ3v) is 8.57. The maximum Gasteiger partial charge on any atom is 0.172 e. The SMILES string of the molecule is C=CC(C)=O.CCCCN1CC(C)COc2cc3ncnc(Nc4ccc(Oc5ccc6c(c5)C(C)C(C)=CN6C)c(C)c4)c3nc21. The lowest BCUT2D eigenvalue weighted by molar-refractivity contribution is -0.112. The average molecular weight is 635 g/mol. The first kappa shape index (κ1) is 33.4. The van der Waals surface area contributed by atoms with Gasteiger partial charge in [-0.15, -0.1) is 0 Å². The number of allylic oxidation sites excluding steroid dienone is 2. The van der Waals surface area contributed by atoms with E-state index in [1.165, 1.54) is 29.8 Å². The molecule has 9 heteroatoms. The van der Waals surface area contributed by atoms with E-state index in [1.807, 2.05) is 24.3 Å². The average Bonchev–Trinajstić information content (AvgIpc) is 3.21. The van der Waals surface area contributed by atoms with Crippen molar-refractivity contribution in [2.24, 2.45) is 5.92 Å². The molecule has 2 aromatic heterocycles. The van der Waals surface area contributed by atoms with Gasteiger partial charge in [-0.2, -0.15) is 0 Å². The second kappa shape index (κ2) is 14.7. The van der Waals surface area contributed by atoms with Crippen LogP contribution in [0, 0.1) is 12.8 Å². The van der Waals surface area contributed by atoms with Crippen molar-refractivity contribution < 1.29 is 14.3 Å². The molecule has 0 radical (unpaired) electrons. The van der Waals surface area contributed by atoms with E-state index < -0.39 is 0 Å². The number of aromatic nitrogens is 3. The summed E-state index contributed by atoms with van der Waals surface area (Å²) >= 11 is 0. The number of benzene rings is 2. The van der Waals surface area contributed by atoms with E-state index in [0.717, 1.165) is 71.3 Å². The summed E-state index contributed by atoms with van der Waals surface area (Å²) in [6, 6.07) is 14.4. The first-order chi connectivity index (χ1) is 22.6. The van der Waals surface area contributed by atoms with Crippen LogP contribution in [0.4, 0.5) is 23.0 Å². The molecular formula is C38H46N6O3. The molecule has 4 aromatic rings. The van der Waals surface area contributed by atoms with Crippen LogP contribution >= 0.6 is 0 Å². The number of unbranched alkanes of at least 4 members (excludes halogenated alkanes) is 1. The van der Waals surface area contributed by atoms with Crippen molar-refractivity contribution in [2.75, 3.05) is 41.9 Å². The van der Waals surface area contributed by atoms with Gasteiger partial charge in [0.1, 0.15) is 23.3 Å². The van der Waals surface area contributed by atoms with E-state index in [0.29, 0.717) is 24.3 Å². The molecule has 9 nitrogen and oxygen atoms in total. The summed E-state index contributed by atoms with van der Waals surface area (Å²) in [4.78, 5) is 28.4. The normalized spacial score (nSPS) is 16.9. The first-order valence-electron chi connectivity index (χ1n) is 16.3. The molecule has 2 aliphatic heterocycles. The minimum atomic E-state index is 0.0185. The van der Waals surface area contributed by atoms with Gasteiger partial charge in [-0.3, -0.25) is 4.79 Å². The molecule has 246 valence electrons. The highest BCUT2D eigenvalue weighted by molar-refractivity contribution is 5.90. The van der Waals surface area contributed by atoms with Crippen LogP contribution < -0.4 is 24.6 Å².